The van der Waals surface area contributed by atoms with Gasteiger partial charge in [0.1, 0.15) is 5.82 Å². The van der Waals surface area contributed by atoms with E-state index in [-0.39, 0.29) is 11.9 Å². The molecule has 130 valence electrons. The molecule has 2 aromatic rings. The van der Waals surface area contributed by atoms with E-state index in [1.54, 1.807) is 0 Å². The highest BCUT2D eigenvalue weighted by Crippen LogP contribution is 2.14. The van der Waals surface area contributed by atoms with Gasteiger partial charge in [0.2, 0.25) is 5.91 Å². The summed E-state index contributed by atoms with van der Waals surface area (Å²) < 4.78 is 4.16. The number of carbonyl (C=O) groups is 1. The third kappa shape index (κ3) is 4.06. The molecule has 0 N–H and O–H groups in total. The molecule has 1 fully saturated rings. The van der Waals surface area contributed by atoms with E-state index in [2.05, 4.69) is 25.9 Å². The lowest BCUT2D eigenvalue weighted by Crippen LogP contribution is -2.36. The molecule has 0 saturated carbocycles. The highest BCUT2D eigenvalue weighted by molar-refractivity contribution is 5.76. The van der Waals surface area contributed by atoms with Crippen LogP contribution in [0, 0.1) is 0 Å². The van der Waals surface area contributed by atoms with Crippen LogP contribution in [-0.2, 0) is 18.4 Å². The van der Waals surface area contributed by atoms with E-state index in [0.29, 0.717) is 6.42 Å². The van der Waals surface area contributed by atoms with Gasteiger partial charge in [-0.3, -0.25) is 9.69 Å². The zero-order valence-electron chi connectivity index (χ0n) is 14.6. The molecule has 6 nitrogen and oxygen atoms in total. The molecule has 0 bridgehead atoms. The second kappa shape index (κ2) is 7.66. The Morgan fingerprint density at radius 2 is 1.96 bits per heavy atom. The van der Waals surface area contributed by atoms with Crippen LogP contribution in [0.4, 0.5) is 0 Å². The SMILES string of the molecule is C[C@@H](CC(=O)N1CCCN(Cc2nccn2C)CC1)n1cccc1. The molecule has 6 heteroatoms. The Balaban J connectivity index is 1.51. The number of amides is 1. The standard InChI is InChI=1S/C18H27N5O/c1-16(22-8-3-4-9-22)14-18(24)23-10-5-7-21(12-13-23)15-17-19-6-11-20(17)2/h3-4,6,8-9,11,16H,5,7,10,12-15H2,1-2H3/t16-/m0/s1. The second-order valence-corrected chi connectivity index (χ2v) is 6.65. The summed E-state index contributed by atoms with van der Waals surface area (Å²) in [5, 5.41) is 0. The van der Waals surface area contributed by atoms with Gasteiger partial charge in [0.25, 0.3) is 0 Å². The van der Waals surface area contributed by atoms with E-state index in [1.165, 1.54) is 0 Å². The fourth-order valence-corrected chi connectivity index (χ4v) is 3.26. The molecule has 1 amide bonds. The number of rotatable bonds is 5. The smallest absolute Gasteiger partial charge is 0.224 e. The summed E-state index contributed by atoms with van der Waals surface area (Å²) in [4.78, 5) is 21.4. The lowest BCUT2D eigenvalue weighted by atomic mass is 10.2. The fourth-order valence-electron chi connectivity index (χ4n) is 3.26. The quantitative estimate of drug-likeness (QED) is 0.842. The summed E-state index contributed by atoms with van der Waals surface area (Å²) >= 11 is 0. The van der Waals surface area contributed by atoms with E-state index < -0.39 is 0 Å². The van der Waals surface area contributed by atoms with Crippen molar-refractivity contribution in [1.29, 1.82) is 0 Å². The Labute approximate surface area is 143 Å². The van der Waals surface area contributed by atoms with Crippen molar-refractivity contribution < 1.29 is 4.79 Å². The van der Waals surface area contributed by atoms with Gasteiger partial charge in [0, 0.05) is 70.5 Å². The highest BCUT2D eigenvalue weighted by Gasteiger charge is 2.21. The van der Waals surface area contributed by atoms with Crippen molar-refractivity contribution in [1.82, 2.24) is 23.9 Å². The van der Waals surface area contributed by atoms with Crippen molar-refractivity contribution in [3.05, 3.63) is 42.7 Å². The van der Waals surface area contributed by atoms with Crippen LogP contribution < -0.4 is 0 Å². The maximum atomic E-state index is 12.6. The molecule has 3 rings (SSSR count). The van der Waals surface area contributed by atoms with E-state index in [9.17, 15) is 4.79 Å². The largest absolute Gasteiger partial charge is 0.351 e. The number of imidazole rings is 1. The first kappa shape index (κ1) is 16.8. The van der Waals surface area contributed by atoms with Crippen LogP contribution in [0.25, 0.3) is 0 Å². The molecule has 0 aliphatic carbocycles. The van der Waals surface area contributed by atoms with Gasteiger partial charge in [-0.1, -0.05) is 0 Å². The third-order valence-electron chi connectivity index (χ3n) is 4.83. The van der Waals surface area contributed by atoms with E-state index in [0.717, 1.165) is 45.0 Å². The highest BCUT2D eigenvalue weighted by atomic mass is 16.2. The predicted molar refractivity (Wildman–Crippen MR) is 93.4 cm³/mol. The normalized spacial score (nSPS) is 17.7. The summed E-state index contributed by atoms with van der Waals surface area (Å²) in [6.07, 6.45) is 9.45. The van der Waals surface area contributed by atoms with Gasteiger partial charge in [0.15, 0.2) is 0 Å². The molecule has 24 heavy (non-hydrogen) atoms. The van der Waals surface area contributed by atoms with Gasteiger partial charge in [-0.25, -0.2) is 4.98 Å². The Morgan fingerprint density at radius 3 is 2.67 bits per heavy atom. The Bertz CT molecular complexity index is 648. The molecule has 1 aliphatic rings. The summed E-state index contributed by atoms with van der Waals surface area (Å²) in [7, 11) is 2.03. The number of nitrogens with zero attached hydrogens (tertiary/aromatic N) is 5. The topological polar surface area (TPSA) is 46.3 Å². The van der Waals surface area contributed by atoms with Crippen molar-refractivity contribution >= 4 is 5.91 Å². The molecule has 1 aliphatic heterocycles. The van der Waals surface area contributed by atoms with Crippen LogP contribution in [0.3, 0.4) is 0 Å². The third-order valence-corrected chi connectivity index (χ3v) is 4.83. The number of hydrogen-bond donors (Lipinski definition) is 0. The van der Waals surface area contributed by atoms with Gasteiger partial charge in [-0.2, -0.15) is 0 Å². The number of aromatic nitrogens is 3. The van der Waals surface area contributed by atoms with Crippen LogP contribution in [0.15, 0.2) is 36.9 Å². The molecule has 2 aromatic heterocycles. The molecule has 0 radical (unpaired) electrons. The van der Waals surface area contributed by atoms with Crippen LogP contribution in [0.1, 0.15) is 31.6 Å². The first-order chi connectivity index (χ1) is 11.6. The lowest BCUT2D eigenvalue weighted by Gasteiger charge is -2.23. The van der Waals surface area contributed by atoms with Crippen LogP contribution in [0.2, 0.25) is 0 Å². The summed E-state index contributed by atoms with van der Waals surface area (Å²) in [6.45, 7) is 6.55. The first-order valence-corrected chi connectivity index (χ1v) is 8.72. The minimum absolute atomic E-state index is 0.208. The zero-order chi connectivity index (χ0) is 16.9. The average Bonchev–Trinajstić information content (AvgIpc) is 3.16. The minimum Gasteiger partial charge on any atom is -0.351 e. The molecule has 0 unspecified atom stereocenters. The predicted octanol–water partition coefficient (Wildman–Crippen LogP) is 1.91. The van der Waals surface area contributed by atoms with Crippen molar-refractivity contribution in [2.45, 2.75) is 32.4 Å². The molecule has 1 saturated heterocycles. The van der Waals surface area contributed by atoms with Gasteiger partial charge in [0.05, 0.1) is 6.54 Å². The first-order valence-electron chi connectivity index (χ1n) is 8.72. The summed E-state index contributed by atoms with van der Waals surface area (Å²) in [6, 6.07) is 4.21. The van der Waals surface area contributed by atoms with Crippen molar-refractivity contribution in [3.63, 3.8) is 0 Å². The lowest BCUT2D eigenvalue weighted by molar-refractivity contribution is -0.131. The van der Waals surface area contributed by atoms with E-state index >= 15 is 0 Å². The van der Waals surface area contributed by atoms with Crippen LogP contribution in [0.5, 0.6) is 0 Å². The average molecular weight is 329 g/mol. The molecule has 0 spiro atoms. The maximum absolute atomic E-state index is 12.6. The van der Waals surface area contributed by atoms with Gasteiger partial charge in [-0.05, 0) is 25.5 Å². The Morgan fingerprint density at radius 1 is 1.17 bits per heavy atom. The summed E-state index contributed by atoms with van der Waals surface area (Å²) in [5.41, 5.74) is 0. The number of carbonyl (C=O) groups excluding carboxylic acids is 1. The molecular formula is C18H27N5O. The molecule has 1 atom stereocenters. The fraction of sp³-hybridized carbons (Fsp3) is 0.556. The molecule has 3 heterocycles. The van der Waals surface area contributed by atoms with Crippen molar-refractivity contribution in [3.8, 4) is 0 Å². The number of aryl methyl sites for hydroxylation is 1. The number of hydrogen-bond acceptors (Lipinski definition) is 3. The van der Waals surface area contributed by atoms with Crippen LogP contribution >= 0.6 is 0 Å². The second-order valence-electron chi connectivity index (χ2n) is 6.65. The Kier molecular flexibility index (Phi) is 5.35. The zero-order valence-corrected chi connectivity index (χ0v) is 14.6. The minimum atomic E-state index is 0.208. The Hall–Kier alpha value is -2.08. The van der Waals surface area contributed by atoms with E-state index in [4.69, 9.17) is 0 Å². The molecular weight excluding hydrogens is 302 g/mol. The monoisotopic (exact) mass is 329 g/mol. The molecule has 0 aromatic carbocycles. The van der Waals surface area contributed by atoms with E-state index in [1.807, 2.05) is 48.9 Å². The van der Waals surface area contributed by atoms with Crippen molar-refractivity contribution in [2.75, 3.05) is 26.2 Å². The summed E-state index contributed by atoms with van der Waals surface area (Å²) in [5.74, 6) is 1.34. The van der Waals surface area contributed by atoms with Gasteiger partial charge < -0.3 is 14.0 Å². The van der Waals surface area contributed by atoms with Crippen LogP contribution in [-0.4, -0.2) is 56.0 Å². The van der Waals surface area contributed by atoms with Crippen molar-refractivity contribution in [2.24, 2.45) is 7.05 Å². The maximum Gasteiger partial charge on any atom is 0.224 e. The van der Waals surface area contributed by atoms with Gasteiger partial charge >= 0.3 is 0 Å². The van der Waals surface area contributed by atoms with Gasteiger partial charge in [-0.15, -0.1) is 0 Å².